The van der Waals surface area contributed by atoms with Gasteiger partial charge in [-0.15, -0.1) is 0 Å². The molecule has 1 rings (SSSR count). The number of benzene rings is 1. The first-order chi connectivity index (χ1) is 6.44. The van der Waals surface area contributed by atoms with E-state index in [0.717, 1.165) is 5.56 Å². The molecule has 0 aliphatic carbocycles. The molecule has 14 heavy (non-hydrogen) atoms. The van der Waals surface area contributed by atoms with Gasteiger partial charge >= 0.3 is 0 Å². The molecule has 5 nitrogen and oxygen atoms in total. The fraction of sp³-hybridized carbons (Fsp3) is 0.250. The number of rotatable bonds is 3. The summed E-state index contributed by atoms with van der Waals surface area (Å²) in [4.78, 5) is 0. The Morgan fingerprint density at radius 2 is 2.00 bits per heavy atom. The van der Waals surface area contributed by atoms with Crippen molar-refractivity contribution in [2.75, 3.05) is 11.8 Å². The highest BCUT2D eigenvalue weighted by molar-refractivity contribution is 7.90. The third-order valence-electron chi connectivity index (χ3n) is 1.67. The van der Waals surface area contributed by atoms with E-state index in [0.29, 0.717) is 0 Å². The molecule has 1 aromatic carbocycles. The second kappa shape index (κ2) is 3.85. The summed E-state index contributed by atoms with van der Waals surface area (Å²) >= 11 is 0. The van der Waals surface area contributed by atoms with E-state index in [1.54, 1.807) is 19.1 Å². The lowest BCUT2D eigenvalue weighted by molar-refractivity contribution is 0.477. The topological polar surface area (TPSA) is 78.4 Å². The third-order valence-corrected chi connectivity index (χ3v) is 2.69. The fourth-order valence-corrected chi connectivity index (χ4v) is 1.48. The minimum atomic E-state index is -3.57. The van der Waals surface area contributed by atoms with Gasteiger partial charge in [0.1, 0.15) is 5.75 Å². The van der Waals surface area contributed by atoms with Gasteiger partial charge in [-0.25, -0.2) is 4.72 Å². The molecule has 0 bridgehead atoms. The quantitative estimate of drug-likeness (QED) is 0.646. The largest absolute Gasteiger partial charge is 0.506 e. The van der Waals surface area contributed by atoms with Crippen molar-refractivity contribution in [3.63, 3.8) is 0 Å². The van der Waals surface area contributed by atoms with E-state index in [-0.39, 0.29) is 11.4 Å². The molecule has 1 aromatic rings. The van der Waals surface area contributed by atoms with Gasteiger partial charge in [-0.1, -0.05) is 6.07 Å². The second-order valence-electron chi connectivity index (χ2n) is 2.83. The van der Waals surface area contributed by atoms with Crippen LogP contribution in [0.3, 0.4) is 0 Å². The van der Waals surface area contributed by atoms with Crippen LogP contribution in [0.1, 0.15) is 5.56 Å². The molecule has 78 valence electrons. The van der Waals surface area contributed by atoms with E-state index in [4.69, 9.17) is 0 Å². The highest BCUT2D eigenvalue weighted by atomic mass is 32.2. The zero-order valence-corrected chi connectivity index (χ0v) is 8.72. The van der Waals surface area contributed by atoms with Gasteiger partial charge < -0.3 is 5.11 Å². The summed E-state index contributed by atoms with van der Waals surface area (Å²) in [5.41, 5.74) is 1.02. The summed E-state index contributed by atoms with van der Waals surface area (Å²) in [5.74, 6) is -0.102. The average molecular weight is 216 g/mol. The number of anilines is 1. The van der Waals surface area contributed by atoms with Crippen LogP contribution in [0.25, 0.3) is 0 Å². The molecule has 0 spiro atoms. The highest BCUT2D eigenvalue weighted by Gasteiger charge is 2.09. The van der Waals surface area contributed by atoms with E-state index < -0.39 is 10.2 Å². The lowest BCUT2D eigenvalue weighted by atomic mass is 10.2. The van der Waals surface area contributed by atoms with Crippen molar-refractivity contribution in [2.24, 2.45) is 0 Å². The van der Waals surface area contributed by atoms with Crippen molar-refractivity contribution >= 4 is 15.9 Å². The summed E-state index contributed by atoms with van der Waals surface area (Å²) in [6.45, 7) is 1.80. The van der Waals surface area contributed by atoms with E-state index in [2.05, 4.69) is 9.44 Å². The van der Waals surface area contributed by atoms with Crippen molar-refractivity contribution in [1.29, 1.82) is 0 Å². The average Bonchev–Trinajstić information content (AvgIpc) is 2.11. The minimum absolute atomic E-state index is 0.102. The predicted molar refractivity (Wildman–Crippen MR) is 54.4 cm³/mol. The minimum Gasteiger partial charge on any atom is -0.506 e. The normalized spacial score (nSPS) is 11.3. The SMILES string of the molecule is CNS(=O)(=O)Nc1cc(C)ccc1O. The van der Waals surface area contributed by atoms with Crippen molar-refractivity contribution in [2.45, 2.75) is 6.92 Å². The lowest BCUT2D eigenvalue weighted by Crippen LogP contribution is -2.26. The number of nitrogens with one attached hydrogen (secondary N) is 2. The van der Waals surface area contributed by atoms with Gasteiger partial charge in [0.2, 0.25) is 0 Å². The number of hydrogen-bond donors (Lipinski definition) is 3. The summed E-state index contributed by atoms with van der Waals surface area (Å²) in [7, 11) is -2.28. The van der Waals surface area contributed by atoms with Crippen LogP contribution < -0.4 is 9.44 Å². The van der Waals surface area contributed by atoms with Crippen molar-refractivity contribution in [3.05, 3.63) is 23.8 Å². The number of aromatic hydroxyl groups is 1. The van der Waals surface area contributed by atoms with Gasteiger partial charge in [0.25, 0.3) is 10.2 Å². The van der Waals surface area contributed by atoms with E-state index in [1.165, 1.54) is 13.1 Å². The molecule has 0 amide bonds. The molecule has 6 heteroatoms. The standard InChI is InChI=1S/C8H12N2O3S/c1-6-3-4-8(11)7(5-6)10-14(12,13)9-2/h3-5,9-11H,1-2H3. The molecule has 0 saturated carbocycles. The highest BCUT2D eigenvalue weighted by Crippen LogP contribution is 2.24. The van der Waals surface area contributed by atoms with Gasteiger partial charge in [-0.2, -0.15) is 8.42 Å². The Morgan fingerprint density at radius 3 is 2.57 bits per heavy atom. The van der Waals surface area contributed by atoms with E-state index >= 15 is 0 Å². The Hall–Kier alpha value is -1.27. The Morgan fingerprint density at radius 1 is 1.36 bits per heavy atom. The number of phenolic OH excluding ortho intramolecular Hbond substituents is 1. The van der Waals surface area contributed by atoms with Crippen LogP contribution in [-0.2, 0) is 10.2 Å². The monoisotopic (exact) mass is 216 g/mol. The van der Waals surface area contributed by atoms with Crippen LogP contribution in [0, 0.1) is 6.92 Å². The lowest BCUT2D eigenvalue weighted by Gasteiger charge is -2.08. The molecule has 0 heterocycles. The van der Waals surface area contributed by atoms with Crippen molar-refractivity contribution < 1.29 is 13.5 Å². The number of hydrogen-bond acceptors (Lipinski definition) is 3. The third kappa shape index (κ3) is 2.61. The van der Waals surface area contributed by atoms with Gasteiger partial charge in [0.15, 0.2) is 0 Å². The van der Waals surface area contributed by atoms with E-state index in [9.17, 15) is 13.5 Å². The molecule has 0 atom stereocenters. The zero-order valence-electron chi connectivity index (χ0n) is 7.90. The van der Waals surface area contributed by atoms with Gasteiger partial charge in [0, 0.05) is 7.05 Å². The van der Waals surface area contributed by atoms with Crippen LogP contribution in [0.2, 0.25) is 0 Å². The Kier molecular flexibility index (Phi) is 2.97. The van der Waals surface area contributed by atoms with Gasteiger partial charge in [0.05, 0.1) is 5.69 Å². The van der Waals surface area contributed by atoms with Crippen LogP contribution in [-0.4, -0.2) is 20.6 Å². The van der Waals surface area contributed by atoms with Crippen molar-refractivity contribution in [3.8, 4) is 5.75 Å². The Balaban J connectivity index is 3.03. The molecular weight excluding hydrogens is 204 g/mol. The maximum absolute atomic E-state index is 11.1. The first-order valence-corrected chi connectivity index (χ1v) is 5.44. The van der Waals surface area contributed by atoms with Crippen LogP contribution in [0.5, 0.6) is 5.75 Å². The fourth-order valence-electron chi connectivity index (χ4n) is 0.927. The molecule has 0 aromatic heterocycles. The smallest absolute Gasteiger partial charge is 0.298 e. The molecule has 0 aliphatic rings. The summed E-state index contributed by atoms with van der Waals surface area (Å²) in [6, 6.07) is 4.67. The zero-order chi connectivity index (χ0) is 10.8. The summed E-state index contributed by atoms with van der Waals surface area (Å²) in [5, 5.41) is 9.34. The predicted octanol–water partition coefficient (Wildman–Crippen LogP) is 0.577. The first kappa shape index (κ1) is 10.8. The maximum atomic E-state index is 11.1. The molecule has 0 aliphatic heterocycles. The Bertz CT molecular complexity index is 428. The summed E-state index contributed by atoms with van der Waals surface area (Å²) in [6.07, 6.45) is 0. The molecule has 0 radical (unpaired) electrons. The van der Waals surface area contributed by atoms with Crippen LogP contribution >= 0.6 is 0 Å². The van der Waals surface area contributed by atoms with Crippen LogP contribution in [0.4, 0.5) is 5.69 Å². The molecule has 0 unspecified atom stereocenters. The second-order valence-corrected chi connectivity index (χ2v) is 4.45. The molecular formula is C8H12N2O3S. The van der Waals surface area contributed by atoms with E-state index in [1.807, 2.05) is 0 Å². The molecule has 0 saturated heterocycles. The maximum Gasteiger partial charge on any atom is 0.298 e. The Labute approximate surface area is 83.0 Å². The van der Waals surface area contributed by atoms with Gasteiger partial charge in [-0.05, 0) is 24.6 Å². The number of aryl methyl sites for hydroxylation is 1. The first-order valence-electron chi connectivity index (χ1n) is 3.95. The molecule has 0 fully saturated rings. The van der Waals surface area contributed by atoms with Gasteiger partial charge in [-0.3, -0.25) is 4.72 Å². The van der Waals surface area contributed by atoms with Crippen molar-refractivity contribution in [1.82, 2.24) is 4.72 Å². The van der Waals surface area contributed by atoms with Crippen LogP contribution in [0.15, 0.2) is 18.2 Å². The number of phenols is 1. The molecule has 3 N–H and O–H groups in total. The summed E-state index contributed by atoms with van der Waals surface area (Å²) < 4.78 is 26.5.